The van der Waals surface area contributed by atoms with Gasteiger partial charge in [0.25, 0.3) is 5.91 Å². The van der Waals surface area contributed by atoms with E-state index in [1.165, 1.54) is 22.5 Å². The first kappa shape index (κ1) is 14.7. The van der Waals surface area contributed by atoms with Crippen molar-refractivity contribution >= 4 is 33.2 Å². The Balaban J connectivity index is 1.73. The van der Waals surface area contributed by atoms with Crippen molar-refractivity contribution in [3.05, 3.63) is 49.9 Å². The van der Waals surface area contributed by atoms with E-state index in [-0.39, 0.29) is 11.9 Å². The van der Waals surface area contributed by atoms with Gasteiger partial charge in [0, 0.05) is 16.3 Å². The number of benzene rings is 1. The molecule has 0 spiro atoms. The first-order valence-corrected chi connectivity index (χ1v) is 8.59. The van der Waals surface area contributed by atoms with Gasteiger partial charge in [-0.1, -0.05) is 28.1 Å². The van der Waals surface area contributed by atoms with Crippen molar-refractivity contribution in [1.82, 2.24) is 10.3 Å². The van der Waals surface area contributed by atoms with Crippen molar-refractivity contribution in [1.29, 1.82) is 0 Å². The summed E-state index contributed by atoms with van der Waals surface area (Å²) in [6, 6.07) is 6.21. The first-order valence-electron chi connectivity index (χ1n) is 6.91. The van der Waals surface area contributed by atoms with Gasteiger partial charge in [-0.15, -0.1) is 11.3 Å². The maximum atomic E-state index is 12.3. The number of aromatic nitrogens is 1. The van der Waals surface area contributed by atoms with Crippen LogP contribution in [0.1, 0.15) is 39.1 Å². The number of nitrogens with one attached hydrogen (secondary N) is 1. The molecule has 0 bridgehead atoms. The number of hydrogen-bond donors (Lipinski definition) is 2. The summed E-state index contributed by atoms with van der Waals surface area (Å²) < 4.78 is 1.12. The van der Waals surface area contributed by atoms with Crippen molar-refractivity contribution in [2.45, 2.75) is 25.3 Å². The van der Waals surface area contributed by atoms with Crippen LogP contribution in [0, 0.1) is 0 Å². The minimum absolute atomic E-state index is 0.0738. The molecule has 3 rings (SSSR count). The van der Waals surface area contributed by atoms with E-state index in [1.807, 2.05) is 12.1 Å². The zero-order valence-electron chi connectivity index (χ0n) is 11.4. The van der Waals surface area contributed by atoms with Crippen LogP contribution in [0.15, 0.2) is 28.1 Å². The molecular formula is C15H16BrN3OS. The van der Waals surface area contributed by atoms with Crippen LogP contribution in [0.2, 0.25) is 0 Å². The molecule has 0 saturated carbocycles. The molecule has 0 aliphatic heterocycles. The minimum Gasteiger partial charge on any atom is -0.344 e. The fourth-order valence-electron chi connectivity index (χ4n) is 2.65. The highest BCUT2D eigenvalue weighted by atomic mass is 79.9. The number of amides is 1. The molecule has 21 heavy (non-hydrogen) atoms. The fourth-order valence-corrected chi connectivity index (χ4v) is 4.02. The largest absolute Gasteiger partial charge is 0.344 e. The molecule has 1 aromatic carbocycles. The normalized spacial score (nSPS) is 16.8. The number of carbonyl (C=O) groups excluding carboxylic acids is 1. The van der Waals surface area contributed by atoms with E-state index < -0.39 is 0 Å². The number of rotatable bonds is 4. The molecule has 1 aliphatic carbocycles. The van der Waals surface area contributed by atoms with Crippen LogP contribution in [-0.4, -0.2) is 17.4 Å². The van der Waals surface area contributed by atoms with Crippen molar-refractivity contribution in [2.75, 3.05) is 6.54 Å². The summed E-state index contributed by atoms with van der Waals surface area (Å²) in [4.78, 5) is 16.6. The molecule has 110 valence electrons. The lowest BCUT2D eigenvalue weighted by Gasteiger charge is -2.13. The Morgan fingerprint density at radius 3 is 3.19 bits per heavy atom. The molecule has 6 heteroatoms. The summed E-state index contributed by atoms with van der Waals surface area (Å²) in [5.41, 5.74) is 8.50. The Morgan fingerprint density at radius 2 is 2.38 bits per heavy atom. The Morgan fingerprint density at radius 1 is 1.52 bits per heavy atom. The molecule has 4 nitrogen and oxygen atoms in total. The Hall–Kier alpha value is -1.24. The number of fused-ring (bicyclic) bond motifs is 1. The van der Waals surface area contributed by atoms with Crippen molar-refractivity contribution in [3.63, 3.8) is 0 Å². The zero-order chi connectivity index (χ0) is 14.8. The maximum absolute atomic E-state index is 12.3. The van der Waals surface area contributed by atoms with Crippen LogP contribution in [-0.2, 0) is 12.8 Å². The van der Waals surface area contributed by atoms with E-state index in [0.29, 0.717) is 12.2 Å². The number of hydrogen-bond acceptors (Lipinski definition) is 4. The van der Waals surface area contributed by atoms with Crippen LogP contribution in [0.5, 0.6) is 0 Å². The lowest BCUT2D eigenvalue weighted by Crippen LogP contribution is -2.27. The summed E-state index contributed by atoms with van der Waals surface area (Å²) in [5.74, 6) is -0.104. The van der Waals surface area contributed by atoms with Gasteiger partial charge in [0.05, 0.1) is 11.0 Å². The van der Waals surface area contributed by atoms with E-state index in [1.54, 1.807) is 5.38 Å². The summed E-state index contributed by atoms with van der Waals surface area (Å²) in [7, 11) is 0. The molecule has 1 atom stereocenters. The van der Waals surface area contributed by atoms with Crippen LogP contribution < -0.4 is 11.1 Å². The third-order valence-corrected chi connectivity index (χ3v) is 5.31. The lowest BCUT2D eigenvalue weighted by atomic mass is 10.1. The number of nitrogens with zero attached hydrogens (tertiary/aromatic N) is 1. The first-order chi connectivity index (χ1) is 10.2. The molecule has 1 aliphatic rings. The molecule has 2 aromatic rings. The molecule has 0 saturated heterocycles. The predicted molar refractivity (Wildman–Crippen MR) is 87.5 cm³/mol. The van der Waals surface area contributed by atoms with Gasteiger partial charge in [0.1, 0.15) is 5.69 Å². The molecule has 1 aromatic heterocycles. The summed E-state index contributed by atoms with van der Waals surface area (Å²) in [6.45, 7) is 0.554. The predicted octanol–water partition coefficient (Wildman–Crippen LogP) is 2.82. The van der Waals surface area contributed by atoms with Crippen LogP contribution >= 0.6 is 27.3 Å². The Bertz CT molecular complexity index is 671. The SMILES string of the molecule is NCCc1nc(C(=O)NC2CCc3c(Br)cccc32)cs1. The van der Waals surface area contributed by atoms with E-state index in [2.05, 4.69) is 32.3 Å². The van der Waals surface area contributed by atoms with Gasteiger partial charge in [-0.25, -0.2) is 4.98 Å². The van der Waals surface area contributed by atoms with E-state index in [4.69, 9.17) is 5.73 Å². The van der Waals surface area contributed by atoms with Crippen LogP contribution in [0.3, 0.4) is 0 Å². The highest BCUT2D eigenvalue weighted by molar-refractivity contribution is 9.10. The van der Waals surface area contributed by atoms with Gasteiger partial charge in [-0.2, -0.15) is 0 Å². The second-order valence-electron chi connectivity index (χ2n) is 5.04. The van der Waals surface area contributed by atoms with Gasteiger partial charge >= 0.3 is 0 Å². The smallest absolute Gasteiger partial charge is 0.271 e. The van der Waals surface area contributed by atoms with Crippen molar-refractivity contribution in [3.8, 4) is 0 Å². The van der Waals surface area contributed by atoms with Crippen LogP contribution in [0.4, 0.5) is 0 Å². The topological polar surface area (TPSA) is 68.0 Å². The maximum Gasteiger partial charge on any atom is 0.271 e. The molecule has 1 unspecified atom stereocenters. The standard InChI is InChI=1S/C15H16BrN3OS/c16-11-3-1-2-10-9(11)4-5-12(10)19-15(20)13-8-21-14(18-13)6-7-17/h1-3,8,12H,4-7,17H2,(H,19,20). The van der Waals surface area contributed by atoms with Gasteiger partial charge in [-0.05, 0) is 36.6 Å². The second kappa shape index (κ2) is 6.25. The number of carbonyl (C=O) groups is 1. The van der Waals surface area contributed by atoms with Gasteiger partial charge in [-0.3, -0.25) is 4.79 Å². The van der Waals surface area contributed by atoms with E-state index in [0.717, 1.165) is 28.7 Å². The Labute approximate surface area is 135 Å². The lowest BCUT2D eigenvalue weighted by molar-refractivity contribution is 0.0932. The van der Waals surface area contributed by atoms with Gasteiger partial charge in [0.2, 0.25) is 0 Å². The summed E-state index contributed by atoms with van der Waals surface area (Å²) >= 11 is 5.06. The average molecular weight is 366 g/mol. The Kier molecular flexibility index (Phi) is 4.37. The van der Waals surface area contributed by atoms with Gasteiger partial charge in [0.15, 0.2) is 0 Å². The van der Waals surface area contributed by atoms with Crippen LogP contribution in [0.25, 0.3) is 0 Å². The monoisotopic (exact) mass is 365 g/mol. The molecule has 0 radical (unpaired) electrons. The third kappa shape index (κ3) is 3.02. The molecular weight excluding hydrogens is 350 g/mol. The molecule has 1 heterocycles. The highest BCUT2D eigenvalue weighted by Crippen LogP contribution is 2.35. The average Bonchev–Trinajstić information content (AvgIpc) is 3.08. The number of nitrogens with two attached hydrogens (primary N) is 1. The van der Waals surface area contributed by atoms with E-state index >= 15 is 0 Å². The quantitative estimate of drug-likeness (QED) is 0.875. The summed E-state index contributed by atoms with van der Waals surface area (Å²) in [5, 5.41) is 5.80. The van der Waals surface area contributed by atoms with E-state index in [9.17, 15) is 4.79 Å². The van der Waals surface area contributed by atoms with Crippen molar-refractivity contribution < 1.29 is 4.79 Å². The van der Waals surface area contributed by atoms with Gasteiger partial charge < -0.3 is 11.1 Å². The molecule has 1 amide bonds. The molecule has 0 fully saturated rings. The third-order valence-electron chi connectivity index (χ3n) is 3.66. The number of halogens is 1. The minimum atomic E-state index is -0.104. The number of thiazole rings is 1. The molecule has 3 N–H and O–H groups in total. The summed E-state index contributed by atoms with van der Waals surface area (Å²) in [6.07, 6.45) is 2.64. The van der Waals surface area contributed by atoms with Crippen molar-refractivity contribution in [2.24, 2.45) is 5.73 Å². The highest BCUT2D eigenvalue weighted by Gasteiger charge is 2.26. The fraction of sp³-hybridized carbons (Fsp3) is 0.333. The second-order valence-corrected chi connectivity index (χ2v) is 6.83. The zero-order valence-corrected chi connectivity index (χ0v) is 13.8.